The molecule has 2 aromatic carbocycles. The van der Waals surface area contributed by atoms with Gasteiger partial charge in [-0.2, -0.15) is 31.2 Å². The molecule has 0 amide bonds. The third-order valence-electron chi connectivity index (χ3n) is 5.00. The number of halogens is 6. The standard InChI is InChI=1S/C19H17F6NO6/c20-18(21,22)17(19(23,24)25,14-3-11(7-28)16(31)12(4-14)8-29)13-1-9(5-26-32)15(30)10(2-13)6-27/h1-4,27-31H,5-8H2. The molecule has 0 aliphatic heterocycles. The van der Waals surface area contributed by atoms with Gasteiger partial charge in [0.2, 0.25) is 5.41 Å². The number of aliphatic hydroxyl groups is 3. The number of hydrogen-bond donors (Lipinski definition) is 5. The molecule has 2 aromatic rings. The van der Waals surface area contributed by atoms with Crippen molar-refractivity contribution >= 4 is 0 Å². The molecule has 0 saturated carbocycles. The van der Waals surface area contributed by atoms with Crippen LogP contribution in [0.3, 0.4) is 0 Å². The summed E-state index contributed by atoms with van der Waals surface area (Å²) in [5, 5.41) is 50.2. The van der Waals surface area contributed by atoms with Crippen LogP contribution in [0.4, 0.5) is 26.3 Å². The lowest BCUT2D eigenvalue weighted by Crippen LogP contribution is -2.55. The molecule has 0 aliphatic carbocycles. The van der Waals surface area contributed by atoms with Crippen LogP contribution >= 0.6 is 0 Å². The summed E-state index contributed by atoms with van der Waals surface area (Å²) in [6.07, 6.45) is -12.2. The quantitative estimate of drug-likeness (QED) is 0.313. The summed E-state index contributed by atoms with van der Waals surface area (Å²) in [6, 6.07) is 1.16. The average Bonchev–Trinajstić information content (AvgIpc) is 2.69. The molecule has 13 heteroatoms. The fourth-order valence-electron chi connectivity index (χ4n) is 3.49. The van der Waals surface area contributed by atoms with Crippen molar-refractivity contribution in [2.45, 2.75) is 44.1 Å². The molecule has 0 unspecified atom stereocenters. The van der Waals surface area contributed by atoms with E-state index in [0.29, 0.717) is 18.2 Å². The summed E-state index contributed by atoms with van der Waals surface area (Å²) in [5.41, 5.74) is -10.6. The number of benzene rings is 2. The highest BCUT2D eigenvalue weighted by molar-refractivity contribution is 5.55. The van der Waals surface area contributed by atoms with Crippen molar-refractivity contribution in [3.8, 4) is 11.5 Å². The number of nitrogens with zero attached hydrogens (tertiary/aromatic N) is 1. The van der Waals surface area contributed by atoms with Gasteiger partial charge in [-0.15, -0.1) is 0 Å². The van der Waals surface area contributed by atoms with Crippen LogP contribution in [-0.4, -0.2) is 37.9 Å². The van der Waals surface area contributed by atoms with Gasteiger partial charge >= 0.3 is 12.4 Å². The molecule has 0 bridgehead atoms. The van der Waals surface area contributed by atoms with E-state index in [9.17, 15) is 56.8 Å². The Labute approximate surface area is 176 Å². The van der Waals surface area contributed by atoms with Gasteiger partial charge in [-0.25, -0.2) is 0 Å². The monoisotopic (exact) mass is 469 g/mol. The summed E-state index contributed by atoms with van der Waals surface area (Å²) in [5.74, 6) is -1.78. The lowest BCUT2D eigenvalue weighted by Gasteiger charge is -2.39. The average molecular weight is 469 g/mol. The number of rotatable bonds is 7. The van der Waals surface area contributed by atoms with Gasteiger partial charge in [-0.05, 0) is 35.4 Å². The second-order valence-electron chi connectivity index (χ2n) is 6.79. The van der Waals surface area contributed by atoms with Gasteiger partial charge in [-0.3, -0.25) is 0 Å². The number of alkyl halides is 6. The van der Waals surface area contributed by atoms with E-state index in [-0.39, 0.29) is 6.07 Å². The molecular formula is C19H17F6NO6. The van der Waals surface area contributed by atoms with Gasteiger partial charge in [0.15, 0.2) is 0 Å². The van der Waals surface area contributed by atoms with Gasteiger partial charge in [0.1, 0.15) is 18.0 Å². The molecule has 5 N–H and O–H groups in total. The van der Waals surface area contributed by atoms with Gasteiger partial charge < -0.3 is 25.5 Å². The van der Waals surface area contributed by atoms with Crippen molar-refractivity contribution in [1.29, 1.82) is 0 Å². The highest BCUT2D eigenvalue weighted by Gasteiger charge is 2.72. The second-order valence-corrected chi connectivity index (χ2v) is 6.79. The summed E-state index contributed by atoms with van der Waals surface area (Å²) >= 11 is 0. The van der Waals surface area contributed by atoms with Gasteiger partial charge in [0, 0.05) is 22.3 Å². The number of nitroso groups, excluding NO2 is 1. The molecule has 0 aliphatic rings. The van der Waals surface area contributed by atoms with E-state index in [1.54, 1.807) is 0 Å². The molecule has 0 spiro atoms. The Kier molecular flexibility index (Phi) is 7.07. The maximum atomic E-state index is 14.4. The highest BCUT2D eigenvalue weighted by atomic mass is 19.4. The molecule has 0 heterocycles. The largest absolute Gasteiger partial charge is 0.507 e. The van der Waals surface area contributed by atoms with Gasteiger partial charge in [-0.1, -0.05) is 5.18 Å². The number of phenols is 2. The SMILES string of the molecule is O=NCc1cc(C(c2cc(CO)c(O)c(CO)c2)(C(F)(F)F)C(F)(F)F)cc(CO)c1O. The van der Waals surface area contributed by atoms with Gasteiger partial charge in [0.25, 0.3) is 0 Å². The highest BCUT2D eigenvalue weighted by Crippen LogP contribution is 2.57. The van der Waals surface area contributed by atoms with Crippen LogP contribution in [0.1, 0.15) is 33.4 Å². The van der Waals surface area contributed by atoms with Crippen molar-refractivity contribution in [3.63, 3.8) is 0 Å². The van der Waals surface area contributed by atoms with E-state index < -0.39 is 89.0 Å². The van der Waals surface area contributed by atoms with Crippen LogP contribution in [0.25, 0.3) is 0 Å². The fraction of sp³-hybridized carbons (Fsp3) is 0.368. The molecule has 32 heavy (non-hydrogen) atoms. The molecule has 0 saturated heterocycles. The van der Waals surface area contributed by atoms with Crippen LogP contribution in [0.5, 0.6) is 11.5 Å². The van der Waals surface area contributed by atoms with Crippen molar-refractivity contribution in [2.24, 2.45) is 5.18 Å². The Morgan fingerprint density at radius 3 is 1.25 bits per heavy atom. The van der Waals surface area contributed by atoms with E-state index in [4.69, 9.17) is 0 Å². The van der Waals surface area contributed by atoms with Crippen LogP contribution in [-0.2, 0) is 31.8 Å². The van der Waals surface area contributed by atoms with E-state index in [1.807, 2.05) is 0 Å². The van der Waals surface area contributed by atoms with Gasteiger partial charge in [0.05, 0.1) is 19.8 Å². The van der Waals surface area contributed by atoms with E-state index in [0.717, 1.165) is 0 Å². The molecule has 176 valence electrons. The van der Waals surface area contributed by atoms with E-state index in [2.05, 4.69) is 5.18 Å². The van der Waals surface area contributed by atoms with Crippen LogP contribution < -0.4 is 0 Å². The lowest BCUT2D eigenvalue weighted by molar-refractivity contribution is -0.288. The molecular weight excluding hydrogens is 452 g/mol. The Balaban J connectivity index is 3.13. The minimum absolute atomic E-state index is 0.286. The molecule has 0 aromatic heterocycles. The maximum absolute atomic E-state index is 14.4. The summed E-state index contributed by atoms with van der Waals surface area (Å²) in [4.78, 5) is 10.6. The predicted octanol–water partition coefficient (Wildman–Crippen LogP) is 3.25. The number of hydrogen-bond acceptors (Lipinski definition) is 7. The van der Waals surface area contributed by atoms with E-state index in [1.165, 1.54) is 0 Å². The zero-order valence-electron chi connectivity index (χ0n) is 16.0. The molecule has 0 radical (unpaired) electrons. The third kappa shape index (κ3) is 3.98. The smallest absolute Gasteiger partial charge is 0.411 e. The van der Waals surface area contributed by atoms with E-state index >= 15 is 0 Å². The molecule has 0 fully saturated rings. The molecule has 7 nitrogen and oxygen atoms in total. The maximum Gasteiger partial charge on any atom is 0.411 e. The summed E-state index contributed by atoms with van der Waals surface area (Å²) in [6.45, 7) is -4.43. The Bertz CT molecular complexity index is 966. The zero-order valence-corrected chi connectivity index (χ0v) is 16.0. The zero-order chi connectivity index (χ0) is 24.5. The first-order valence-corrected chi connectivity index (χ1v) is 8.75. The van der Waals surface area contributed by atoms with Crippen LogP contribution in [0, 0.1) is 4.91 Å². The first-order valence-electron chi connectivity index (χ1n) is 8.75. The number of aliphatic hydroxyl groups excluding tert-OH is 3. The Hall–Kier alpha value is -2.90. The Morgan fingerprint density at radius 1 is 0.656 bits per heavy atom. The fourth-order valence-corrected chi connectivity index (χ4v) is 3.49. The predicted molar refractivity (Wildman–Crippen MR) is 96.4 cm³/mol. The first kappa shape index (κ1) is 25.4. The first-order chi connectivity index (χ1) is 14.8. The van der Waals surface area contributed by atoms with Crippen LogP contribution in [0.15, 0.2) is 29.4 Å². The number of aromatic hydroxyl groups is 2. The third-order valence-corrected chi connectivity index (χ3v) is 5.00. The second kappa shape index (κ2) is 8.92. The van der Waals surface area contributed by atoms with Crippen molar-refractivity contribution < 1.29 is 51.9 Å². The van der Waals surface area contributed by atoms with Crippen molar-refractivity contribution in [1.82, 2.24) is 0 Å². The van der Waals surface area contributed by atoms with Crippen molar-refractivity contribution in [2.75, 3.05) is 0 Å². The molecule has 2 rings (SSSR count). The normalized spacial score (nSPS) is 12.8. The lowest BCUT2D eigenvalue weighted by atomic mass is 9.71. The Morgan fingerprint density at radius 2 is 0.969 bits per heavy atom. The minimum atomic E-state index is -6.09. The van der Waals surface area contributed by atoms with Crippen LogP contribution in [0.2, 0.25) is 0 Å². The van der Waals surface area contributed by atoms with Crippen molar-refractivity contribution in [3.05, 3.63) is 62.6 Å². The topological polar surface area (TPSA) is 131 Å². The molecule has 0 atom stereocenters. The summed E-state index contributed by atoms with van der Waals surface area (Å²) in [7, 11) is 0. The summed E-state index contributed by atoms with van der Waals surface area (Å²) < 4.78 is 86.1. The minimum Gasteiger partial charge on any atom is -0.507 e.